The van der Waals surface area contributed by atoms with Gasteiger partial charge >= 0.3 is 0 Å². The summed E-state index contributed by atoms with van der Waals surface area (Å²) in [6.45, 7) is 4.78. The second kappa shape index (κ2) is 7.74. The van der Waals surface area contributed by atoms with E-state index in [0.717, 1.165) is 43.3 Å². The van der Waals surface area contributed by atoms with Crippen molar-refractivity contribution >= 4 is 5.69 Å². The van der Waals surface area contributed by atoms with Crippen molar-refractivity contribution in [1.82, 2.24) is 5.32 Å². The molecule has 1 aromatic heterocycles. The molecule has 0 spiro atoms. The van der Waals surface area contributed by atoms with E-state index in [9.17, 15) is 0 Å². The molecule has 1 heterocycles. The molecule has 2 aromatic rings. The molecule has 4 heteroatoms. The van der Waals surface area contributed by atoms with E-state index in [2.05, 4.69) is 36.3 Å². The molecule has 0 saturated heterocycles. The van der Waals surface area contributed by atoms with Gasteiger partial charge in [-0.3, -0.25) is 0 Å². The Bertz CT molecular complexity index is 534. The second-order valence-electron chi connectivity index (χ2n) is 5.10. The van der Waals surface area contributed by atoms with Crippen LogP contribution in [0.5, 0.6) is 5.75 Å². The minimum absolute atomic E-state index is 0.784. The zero-order chi connectivity index (χ0) is 15.1. The molecule has 0 atom stereocenters. The largest absolute Gasteiger partial charge is 0.497 e. The molecule has 0 saturated carbocycles. The standard InChI is InChI=1S/C17H24N2O2/c1-4-10-18-12-17-14(9-11-21-17)13-19(2)15-5-7-16(20-3)8-6-15/h5-9,11,18H,4,10,12-13H2,1-3H3. The number of hydrogen-bond donors (Lipinski definition) is 1. The van der Waals surface area contributed by atoms with Crippen LogP contribution in [0.2, 0.25) is 0 Å². The van der Waals surface area contributed by atoms with E-state index in [1.165, 1.54) is 5.56 Å². The fourth-order valence-electron chi connectivity index (χ4n) is 2.23. The van der Waals surface area contributed by atoms with Gasteiger partial charge in [0.1, 0.15) is 11.5 Å². The van der Waals surface area contributed by atoms with Crippen LogP contribution in [0.3, 0.4) is 0 Å². The molecule has 114 valence electrons. The first-order valence-electron chi connectivity index (χ1n) is 7.35. The summed E-state index contributed by atoms with van der Waals surface area (Å²) in [5.41, 5.74) is 2.38. The van der Waals surface area contributed by atoms with Crippen LogP contribution in [-0.2, 0) is 13.1 Å². The monoisotopic (exact) mass is 288 g/mol. The number of methoxy groups -OCH3 is 1. The maximum Gasteiger partial charge on any atom is 0.122 e. The van der Waals surface area contributed by atoms with Gasteiger partial charge in [0.15, 0.2) is 0 Å². The van der Waals surface area contributed by atoms with Gasteiger partial charge in [0.05, 0.1) is 19.9 Å². The van der Waals surface area contributed by atoms with Gasteiger partial charge in [-0.25, -0.2) is 0 Å². The Morgan fingerprint density at radius 1 is 1.19 bits per heavy atom. The lowest BCUT2D eigenvalue weighted by Crippen LogP contribution is -2.19. The molecule has 21 heavy (non-hydrogen) atoms. The van der Waals surface area contributed by atoms with Crippen LogP contribution in [0, 0.1) is 0 Å². The van der Waals surface area contributed by atoms with E-state index in [1.807, 2.05) is 18.2 Å². The number of hydrogen-bond acceptors (Lipinski definition) is 4. The van der Waals surface area contributed by atoms with Gasteiger partial charge < -0.3 is 19.4 Å². The molecule has 4 nitrogen and oxygen atoms in total. The third-order valence-electron chi connectivity index (χ3n) is 3.47. The zero-order valence-electron chi connectivity index (χ0n) is 13.1. The summed E-state index contributed by atoms with van der Waals surface area (Å²) in [6.07, 6.45) is 2.89. The van der Waals surface area contributed by atoms with Gasteiger partial charge in [0.25, 0.3) is 0 Å². The number of rotatable bonds is 8. The first-order chi connectivity index (χ1) is 10.2. The van der Waals surface area contributed by atoms with Crippen molar-refractivity contribution in [2.75, 3.05) is 25.6 Å². The van der Waals surface area contributed by atoms with Crippen molar-refractivity contribution in [3.8, 4) is 5.75 Å². The van der Waals surface area contributed by atoms with Crippen molar-refractivity contribution in [3.63, 3.8) is 0 Å². The number of benzene rings is 1. The number of nitrogens with zero attached hydrogens (tertiary/aromatic N) is 1. The summed E-state index contributed by atoms with van der Waals surface area (Å²) in [5, 5.41) is 3.38. The molecule has 0 fully saturated rings. The highest BCUT2D eigenvalue weighted by molar-refractivity contribution is 5.49. The Labute approximate surface area is 126 Å². The number of furan rings is 1. The fraction of sp³-hybridized carbons (Fsp3) is 0.412. The predicted molar refractivity (Wildman–Crippen MR) is 85.8 cm³/mol. The minimum atomic E-state index is 0.784. The molecule has 0 aliphatic heterocycles. The summed E-state index contributed by atoms with van der Waals surface area (Å²) in [6, 6.07) is 10.1. The van der Waals surface area contributed by atoms with E-state index in [4.69, 9.17) is 9.15 Å². The highest BCUT2D eigenvalue weighted by Gasteiger charge is 2.09. The zero-order valence-corrected chi connectivity index (χ0v) is 13.1. The van der Waals surface area contributed by atoms with Gasteiger partial charge in [-0.1, -0.05) is 6.92 Å². The van der Waals surface area contributed by atoms with Crippen molar-refractivity contribution in [2.24, 2.45) is 0 Å². The second-order valence-corrected chi connectivity index (χ2v) is 5.10. The maximum absolute atomic E-state index is 5.58. The Morgan fingerprint density at radius 2 is 1.95 bits per heavy atom. The van der Waals surface area contributed by atoms with E-state index >= 15 is 0 Å². The Hall–Kier alpha value is -1.94. The van der Waals surface area contributed by atoms with Crippen LogP contribution >= 0.6 is 0 Å². The van der Waals surface area contributed by atoms with Crippen molar-refractivity contribution in [3.05, 3.63) is 47.9 Å². The van der Waals surface area contributed by atoms with Crippen molar-refractivity contribution in [2.45, 2.75) is 26.4 Å². The van der Waals surface area contributed by atoms with Gasteiger partial charge in [0, 0.05) is 24.8 Å². The molecule has 0 radical (unpaired) electrons. The summed E-state index contributed by atoms with van der Waals surface area (Å²) in [7, 11) is 3.76. The van der Waals surface area contributed by atoms with Gasteiger partial charge in [-0.2, -0.15) is 0 Å². The summed E-state index contributed by atoms with van der Waals surface area (Å²) < 4.78 is 10.8. The van der Waals surface area contributed by atoms with E-state index < -0.39 is 0 Å². The molecular formula is C17H24N2O2. The van der Waals surface area contributed by atoms with Crippen LogP contribution < -0.4 is 15.0 Å². The summed E-state index contributed by atoms with van der Waals surface area (Å²) >= 11 is 0. The van der Waals surface area contributed by atoms with Gasteiger partial charge in [0.2, 0.25) is 0 Å². The van der Waals surface area contributed by atoms with E-state index in [-0.39, 0.29) is 0 Å². The molecule has 0 bridgehead atoms. The Balaban J connectivity index is 1.98. The molecule has 0 aliphatic rings. The topological polar surface area (TPSA) is 37.6 Å². The molecule has 2 rings (SSSR count). The lowest BCUT2D eigenvalue weighted by molar-refractivity contribution is 0.415. The van der Waals surface area contributed by atoms with Crippen molar-refractivity contribution < 1.29 is 9.15 Å². The highest BCUT2D eigenvalue weighted by atomic mass is 16.5. The summed E-state index contributed by atoms with van der Waals surface area (Å²) in [5.74, 6) is 1.89. The lowest BCUT2D eigenvalue weighted by atomic mass is 10.2. The average Bonchev–Trinajstić information content (AvgIpc) is 2.95. The molecule has 1 aromatic carbocycles. The normalized spacial score (nSPS) is 10.6. The molecule has 0 amide bonds. The van der Waals surface area contributed by atoms with Crippen LogP contribution in [0.25, 0.3) is 0 Å². The van der Waals surface area contributed by atoms with Crippen LogP contribution in [0.15, 0.2) is 41.0 Å². The quantitative estimate of drug-likeness (QED) is 0.755. The highest BCUT2D eigenvalue weighted by Crippen LogP contribution is 2.21. The van der Waals surface area contributed by atoms with Crippen LogP contribution in [0.1, 0.15) is 24.7 Å². The molecule has 0 aliphatic carbocycles. The lowest BCUT2D eigenvalue weighted by Gasteiger charge is -2.19. The first kappa shape index (κ1) is 15.4. The Kier molecular flexibility index (Phi) is 5.69. The van der Waals surface area contributed by atoms with Crippen molar-refractivity contribution in [1.29, 1.82) is 0 Å². The maximum atomic E-state index is 5.58. The minimum Gasteiger partial charge on any atom is -0.497 e. The molecule has 1 N–H and O–H groups in total. The smallest absolute Gasteiger partial charge is 0.122 e. The first-order valence-corrected chi connectivity index (χ1v) is 7.35. The fourth-order valence-corrected chi connectivity index (χ4v) is 2.23. The van der Waals surface area contributed by atoms with Gasteiger partial charge in [-0.15, -0.1) is 0 Å². The average molecular weight is 288 g/mol. The Morgan fingerprint density at radius 3 is 2.62 bits per heavy atom. The number of anilines is 1. The predicted octanol–water partition coefficient (Wildman–Crippen LogP) is 3.42. The number of ether oxygens (including phenoxy) is 1. The van der Waals surface area contributed by atoms with E-state index in [1.54, 1.807) is 13.4 Å². The van der Waals surface area contributed by atoms with E-state index in [0.29, 0.717) is 0 Å². The number of nitrogens with one attached hydrogen (secondary N) is 1. The third kappa shape index (κ3) is 4.26. The van der Waals surface area contributed by atoms with Gasteiger partial charge in [-0.05, 0) is 43.3 Å². The summed E-state index contributed by atoms with van der Waals surface area (Å²) in [4.78, 5) is 2.20. The van der Waals surface area contributed by atoms with Crippen LogP contribution in [-0.4, -0.2) is 20.7 Å². The molecule has 0 unspecified atom stereocenters. The third-order valence-corrected chi connectivity index (χ3v) is 3.47. The molecular weight excluding hydrogens is 264 g/mol. The SMILES string of the molecule is CCCNCc1occc1CN(C)c1ccc(OC)cc1. The van der Waals surface area contributed by atoms with Crippen LogP contribution in [0.4, 0.5) is 5.69 Å².